The van der Waals surface area contributed by atoms with Crippen LogP contribution in [-0.4, -0.2) is 22.5 Å². The lowest BCUT2D eigenvalue weighted by molar-refractivity contribution is -0.138. The molecule has 1 aromatic rings. The summed E-state index contributed by atoms with van der Waals surface area (Å²) in [7, 11) is 0. The zero-order valence-electron chi connectivity index (χ0n) is 12.0. The first kappa shape index (κ1) is 14.6. The van der Waals surface area contributed by atoms with Gasteiger partial charge in [0.2, 0.25) is 5.91 Å². The summed E-state index contributed by atoms with van der Waals surface area (Å²) in [6.07, 6.45) is 2.26. The molecule has 0 aliphatic heterocycles. The van der Waals surface area contributed by atoms with Gasteiger partial charge < -0.3 is 10.4 Å². The molecule has 0 aromatic heterocycles. The van der Waals surface area contributed by atoms with Gasteiger partial charge in [0, 0.05) is 12.0 Å². The van der Waals surface area contributed by atoms with Crippen LogP contribution in [0.25, 0.3) is 0 Å². The van der Waals surface area contributed by atoms with E-state index in [4.69, 9.17) is 5.11 Å². The number of carbonyl (C=O) groups excluding carboxylic acids is 1. The van der Waals surface area contributed by atoms with Gasteiger partial charge in [-0.25, -0.2) is 0 Å². The number of fused-ring (bicyclic) bond motifs is 1. The van der Waals surface area contributed by atoms with Gasteiger partial charge in [0.1, 0.15) is 0 Å². The van der Waals surface area contributed by atoms with E-state index in [2.05, 4.69) is 11.4 Å². The first-order chi connectivity index (χ1) is 9.39. The zero-order chi connectivity index (χ0) is 14.8. The molecule has 1 aliphatic carbocycles. The van der Waals surface area contributed by atoms with Crippen molar-refractivity contribution in [2.45, 2.75) is 51.0 Å². The Kier molecular flexibility index (Phi) is 4.12. The minimum atomic E-state index is -0.835. The molecule has 0 heterocycles. The van der Waals surface area contributed by atoms with E-state index in [0.29, 0.717) is 6.42 Å². The van der Waals surface area contributed by atoms with Crippen molar-refractivity contribution < 1.29 is 14.7 Å². The average Bonchev–Trinajstić information content (AvgIpc) is 2.80. The molecule has 1 aromatic carbocycles. The van der Waals surface area contributed by atoms with Gasteiger partial charge in [-0.1, -0.05) is 24.3 Å². The van der Waals surface area contributed by atoms with Gasteiger partial charge in [-0.3, -0.25) is 9.59 Å². The van der Waals surface area contributed by atoms with Gasteiger partial charge in [0.25, 0.3) is 0 Å². The lowest BCUT2D eigenvalue weighted by atomic mass is 9.95. The number of amides is 1. The predicted octanol–water partition coefficient (Wildman–Crippen LogP) is 2.48. The minimum absolute atomic E-state index is 0.00494. The van der Waals surface area contributed by atoms with Crippen LogP contribution in [0.3, 0.4) is 0 Å². The number of carbonyl (C=O) groups is 2. The van der Waals surface area contributed by atoms with Crippen LogP contribution in [0.15, 0.2) is 24.3 Å². The molecule has 0 fully saturated rings. The Morgan fingerprint density at radius 3 is 2.75 bits per heavy atom. The maximum atomic E-state index is 12.4. The Bertz CT molecular complexity index is 522. The molecule has 0 saturated carbocycles. The second-order valence-corrected chi connectivity index (χ2v) is 6.06. The number of carboxylic acid groups (broad SMARTS) is 1. The average molecular weight is 275 g/mol. The Labute approximate surface area is 119 Å². The Hall–Kier alpha value is -1.84. The number of aliphatic carboxylic acids is 1. The molecule has 0 radical (unpaired) electrons. The molecule has 0 saturated heterocycles. The van der Waals surface area contributed by atoms with Crippen molar-refractivity contribution in [3.63, 3.8) is 0 Å². The van der Waals surface area contributed by atoms with Gasteiger partial charge in [-0.2, -0.15) is 0 Å². The first-order valence-electron chi connectivity index (χ1n) is 7.01. The molecule has 1 aliphatic rings. The molecule has 1 amide bonds. The molecule has 1 atom stereocenters. The molecule has 0 spiro atoms. The second kappa shape index (κ2) is 5.65. The molecular weight excluding hydrogens is 254 g/mol. The van der Waals surface area contributed by atoms with Crippen molar-refractivity contribution in [3.8, 4) is 0 Å². The van der Waals surface area contributed by atoms with Crippen LogP contribution in [0.2, 0.25) is 0 Å². The standard InChI is InChI=1S/C16H21NO3/c1-16(2,10-9-14(18)19)17-15(20)13-8-7-11-5-3-4-6-12(11)13/h3-6,13H,7-10H2,1-2H3,(H,17,20)(H,18,19). The monoisotopic (exact) mass is 275 g/mol. The maximum absolute atomic E-state index is 12.4. The van der Waals surface area contributed by atoms with Gasteiger partial charge in [-0.05, 0) is 44.2 Å². The van der Waals surface area contributed by atoms with Gasteiger partial charge in [0.05, 0.1) is 5.92 Å². The largest absolute Gasteiger partial charge is 0.481 e. The number of benzene rings is 1. The summed E-state index contributed by atoms with van der Waals surface area (Å²) in [5.74, 6) is -0.931. The second-order valence-electron chi connectivity index (χ2n) is 6.06. The molecule has 4 nitrogen and oxygen atoms in total. The van der Waals surface area contributed by atoms with Crippen molar-refractivity contribution >= 4 is 11.9 Å². The van der Waals surface area contributed by atoms with Gasteiger partial charge in [-0.15, -0.1) is 0 Å². The fourth-order valence-electron chi connectivity index (χ4n) is 2.73. The number of rotatable bonds is 5. The molecule has 1 unspecified atom stereocenters. The maximum Gasteiger partial charge on any atom is 0.303 e. The normalized spacial score (nSPS) is 17.6. The zero-order valence-corrected chi connectivity index (χ0v) is 12.0. The summed E-state index contributed by atoms with van der Waals surface area (Å²) in [4.78, 5) is 23.0. The minimum Gasteiger partial charge on any atom is -0.481 e. The molecular formula is C16H21NO3. The number of nitrogens with one attached hydrogen (secondary N) is 1. The van der Waals surface area contributed by atoms with Crippen LogP contribution < -0.4 is 5.32 Å². The highest BCUT2D eigenvalue weighted by molar-refractivity contribution is 5.85. The van der Waals surface area contributed by atoms with Crippen LogP contribution in [0.5, 0.6) is 0 Å². The SMILES string of the molecule is CC(C)(CCC(=O)O)NC(=O)C1CCc2ccccc21. The predicted molar refractivity (Wildman–Crippen MR) is 76.6 cm³/mol. The third-order valence-corrected chi connectivity index (χ3v) is 3.87. The highest BCUT2D eigenvalue weighted by atomic mass is 16.4. The third-order valence-electron chi connectivity index (χ3n) is 3.87. The van der Waals surface area contributed by atoms with E-state index < -0.39 is 11.5 Å². The van der Waals surface area contributed by atoms with E-state index >= 15 is 0 Å². The number of aryl methyl sites for hydroxylation is 1. The topological polar surface area (TPSA) is 66.4 Å². The van der Waals surface area contributed by atoms with Gasteiger partial charge in [0.15, 0.2) is 0 Å². The molecule has 2 rings (SSSR count). The van der Waals surface area contributed by atoms with Crippen LogP contribution in [-0.2, 0) is 16.0 Å². The van der Waals surface area contributed by atoms with Crippen molar-refractivity contribution in [2.75, 3.05) is 0 Å². The summed E-state index contributed by atoms with van der Waals surface area (Å²) >= 11 is 0. The summed E-state index contributed by atoms with van der Waals surface area (Å²) in [5, 5.41) is 11.7. The van der Waals surface area contributed by atoms with Crippen molar-refractivity contribution in [1.82, 2.24) is 5.32 Å². The molecule has 2 N–H and O–H groups in total. The third kappa shape index (κ3) is 3.38. The van der Waals surface area contributed by atoms with Crippen LogP contribution in [0.4, 0.5) is 0 Å². The van der Waals surface area contributed by atoms with E-state index in [0.717, 1.165) is 18.4 Å². The van der Waals surface area contributed by atoms with Crippen molar-refractivity contribution in [1.29, 1.82) is 0 Å². The van der Waals surface area contributed by atoms with Crippen molar-refractivity contribution in [2.24, 2.45) is 0 Å². The lowest BCUT2D eigenvalue weighted by Crippen LogP contribution is -2.45. The number of hydrogen-bond acceptors (Lipinski definition) is 2. The fraction of sp³-hybridized carbons (Fsp3) is 0.500. The highest BCUT2D eigenvalue weighted by Gasteiger charge is 2.31. The highest BCUT2D eigenvalue weighted by Crippen LogP contribution is 2.33. The fourth-order valence-corrected chi connectivity index (χ4v) is 2.73. The Morgan fingerprint density at radius 1 is 1.35 bits per heavy atom. The van der Waals surface area contributed by atoms with Crippen LogP contribution in [0.1, 0.15) is 50.2 Å². The van der Waals surface area contributed by atoms with E-state index in [1.807, 2.05) is 32.0 Å². The lowest BCUT2D eigenvalue weighted by Gasteiger charge is -2.27. The van der Waals surface area contributed by atoms with E-state index in [1.54, 1.807) is 0 Å². The van der Waals surface area contributed by atoms with Crippen molar-refractivity contribution in [3.05, 3.63) is 35.4 Å². The summed E-state index contributed by atoms with van der Waals surface area (Å²) in [5.41, 5.74) is 1.86. The smallest absolute Gasteiger partial charge is 0.303 e. The summed E-state index contributed by atoms with van der Waals surface area (Å²) in [6.45, 7) is 3.74. The van der Waals surface area contributed by atoms with E-state index in [-0.39, 0.29) is 18.2 Å². The molecule has 108 valence electrons. The first-order valence-corrected chi connectivity index (χ1v) is 7.01. The number of carboxylic acids is 1. The Morgan fingerprint density at radius 2 is 2.05 bits per heavy atom. The molecule has 0 bridgehead atoms. The Balaban J connectivity index is 2.01. The summed E-state index contributed by atoms with van der Waals surface area (Å²) < 4.78 is 0. The van der Waals surface area contributed by atoms with Gasteiger partial charge >= 0.3 is 5.97 Å². The van der Waals surface area contributed by atoms with E-state index in [9.17, 15) is 9.59 Å². The van der Waals surface area contributed by atoms with Crippen LogP contribution in [0, 0.1) is 0 Å². The quantitative estimate of drug-likeness (QED) is 0.867. The molecule has 20 heavy (non-hydrogen) atoms. The summed E-state index contributed by atoms with van der Waals surface area (Å²) in [6, 6.07) is 8.03. The van der Waals surface area contributed by atoms with E-state index in [1.165, 1.54) is 5.56 Å². The molecule has 4 heteroatoms. The van der Waals surface area contributed by atoms with Crippen LogP contribution >= 0.6 is 0 Å². The number of hydrogen-bond donors (Lipinski definition) is 2.